The quantitative estimate of drug-likeness (QED) is 0.583. The molecule has 1 aliphatic carbocycles. The summed E-state index contributed by atoms with van der Waals surface area (Å²) in [4.78, 5) is 24.5. The maximum Gasteiger partial charge on any atom is 0.344 e. The highest BCUT2D eigenvalue weighted by Crippen LogP contribution is 2.42. The number of hydrogen-bond acceptors (Lipinski definition) is 4. The van der Waals surface area contributed by atoms with Gasteiger partial charge in [-0.05, 0) is 31.0 Å². The van der Waals surface area contributed by atoms with Gasteiger partial charge in [0, 0.05) is 9.80 Å². The second kappa shape index (κ2) is 4.66. The number of benzene rings is 1. The molecule has 1 heterocycles. The molecule has 1 aromatic rings. The van der Waals surface area contributed by atoms with Gasteiger partial charge in [-0.3, -0.25) is 4.79 Å². The highest BCUT2D eigenvalue weighted by Gasteiger charge is 2.27. The molecule has 0 N–H and O–H groups in total. The minimum absolute atomic E-state index is 0.199. The molecule has 0 radical (unpaired) electrons. The average molecular weight is 276 g/mol. The third kappa shape index (κ3) is 2.10. The molecule has 0 saturated heterocycles. The molecule has 19 heavy (non-hydrogen) atoms. The van der Waals surface area contributed by atoms with Gasteiger partial charge in [-0.25, -0.2) is 9.18 Å². The average Bonchev–Trinajstić information content (AvgIpc) is 2.55. The lowest BCUT2D eigenvalue weighted by molar-refractivity contribution is -0.104. The number of ether oxygens (including phenoxy) is 1. The van der Waals surface area contributed by atoms with Crippen LogP contribution in [-0.2, 0) is 9.53 Å². The number of aldehydes is 1. The lowest BCUT2D eigenvalue weighted by Gasteiger charge is -2.14. The Balaban J connectivity index is 2.10. The number of fused-ring (bicyclic) bond motifs is 1. The van der Waals surface area contributed by atoms with Gasteiger partial charge in [0.05, 0.1) is 11.1 Å². The third-order valence-electron chi connectivity index (χ3n) is 2.97. The summed E-state index contributed by atoms with van der Waals surface area (Å²) in [5, 5.41) is 0. The molecule has 0 bridgehead atoms. The Hall–Kier alpha value is -1.88. The number of carbonyl (C=O) groups excluding carboxylic acids is 2. The Morgan fingerprint density at radius 1 is 1.37 bits per heavy atom. The van der Waals surface area contributed by atoms with Gasteiger partial charge in [0.15, 0.2) is 12.0 Å². The molecule has 0 atom stereocenters. The molecule has 1 aliphatic heterocycles. The molecular formula is C14H9FO3S. The molecular weight excluding hydrogens is 267 g/mol. The highest BCUT2D eigenvalue weighted by atomic mass is 32.2. The summed E-state index contributed by atoms with van der Waals surface area (Å²) in [5.41, 5.74) is 0.583. The van der Waals surface area contributed by atoms with Gasteiger partial charge in [-0.2, -0.15) is 0 Å². The third-order valence-corrected chi connectivity index (χ3v) is 4.18. The van der Waals surface area contributed by atoms with Crippen molar-refractivity contribution in [2.24, 2.45) is 0 Å². The van der Waals surface area contributed by atoms with E-state index < -0.39 is 11.8 Å². The molecule has 0 fully saturated rings. The normalized spacial score (nSPS) is 17.9. The van der Waals surface area contributed by atoms with Crippen molar-refractivity contribution in [3.8, 4) is 0 Å². The first-order valence-electron chi connectivity index (χ1n) is 5.77. The van der Waals surface area contributed by atoms with Gasteiger partial charge in [0.25, 0.3) is 0 Å². The van der Waals surface area contributed by atoms with Crippen molar-refractivity contribution < 1.29 is 18.7 Å². The van der Waals surface area contributed by atoms with E-state index in [4.69, 9.17) is 4.74 Å². The fourth-order valence-corrected chi connectivity index (χ4v) is 3.20. The largest absolute Gasteiger partial charge is 0.421 e. The van der Waals surface area contributed by atoms with Crippen molar-refractivity contribution in [3.05, 3.63) is 51.9 Å². The smallest absolute Gasteiger partial charge is 0.344 e. The number of hydrogen-bond donors (Lipinski definition) is 0. The van der Waals surface area contributed by atoms with E-state index in [1.807, 2.05) is 0 Å². The molecule has 0 amide bonds. The summed E-state index contributed by atoms with van der Waals surface area (Å²) in [6, 6.07) is 4.03. The molecule has 96 valence electrons. The molecule has 0 unspecified atom stereocenters. The maximum absolute atomic E-state index is 13.2. The van der Waals surface area contributed by atoms with E-state index in [0.717, 1.165) is 17.4 Å². The molecule has 0 aromatic heterocycles. The summed E-state index contributed by atoms with van der Waals surface area (Å²) >= 11 is 1.36. The molecule has 0 spiro atoms. The highest BCUT2D eigenvalue weighted by molar-refractivity contribution is 8.03. The summed E-state index contributed by atoms with van der Waals surface area (Å²) in [6.07, 6.45) is 3.87. The number of esters is 1. The summed E-state index contributed by atoms with van der Waals surface area (Å²) in [6.45, 7) is 0. The van der Waals surface area contributed by atoms with Crippen LogP contribution in [0, 0.1) is 5.82 Å². The summed E-state index contributed by atoms with van der Waals surface area (Å²) in [7, 11) is 0. The van der Waals surface area contributed by atoms with Crippen molar-refractivity contribution >= 4 is 24.0 Å². The monoisotopic (exact) mass is 276 g/mol. The van der Waals surface area contributed by atoms with E-state index in [2.05, 4.69) is 0 Å². The number of allylic oxidation sites excluding steroid dienone is 3. The van der Waals surface area contributed by atoms with E-state index in [-0.39, 0.29) is 5.56 Å². The molecule has 1 aromatic carbocycles. The van der Waals surface area contributed by atoms with Crippen molar-refractivity contribution in [1.29, 1.82) is 0 Å². The lowest BCUT2D eigenvalue weighted by Crippen LogP contribution is -2.09. The minimum atomic E-state index is -0.623. The van der Waals surface area contributed by atoms with Crippen molar-refractivity contribution in [3.63, 3.8) is 0 Å². The minimum Gasteiger partial charge on any atom is -0.421 e. The summed E-state index contributed by atoms with van der Waals surface area (Å²) < 4.78 is 18.5. The SMILES string of the molecule is O=CC1=CCCC2=C1OC(=O)c1cc(F)ccc1S2. The molecule has 3 rings (SSSR count). The zero-order valence-corrected chi connectivity index (χ0v) is 10.6. The Bertz CT molecular complexity index is 646. The van der Waals surface area contributed by atoms with Gasteiger partial charge in [0.1, 0.15) is 5.82 Å². The van der Waals surface area contributed by atoms with Crippen LogP contribution in [-0.4, -0.2) is 12.3 Å². The molecule has 2 aliphatic rings. The zero-order chi connectivity index (χ0) is 13.4. The van der Waals surface area contributed by atoms with Crippen LogP contribution >= 0.6 is 11.8 Å². The van der Waals surface area contributed by atoms with Crippen LogP contribution in [0.2, 0.25) is 0 Å². The van der Waals surface area contributed by atoms with Crippen LogP contribution < -0.4 is 0 Å². The Kier molecular flexibility index (Phi) is 2.98. The zero-order valence-electron chi connectivity index (χ0n) is 9.81. The standard InChI is InChI=1S/C14H9FO3S/c15-9-4-5-11-10(6-9)14(17)18-13-8(7-16)2-1-3-12(13)19-11/h2,4-7H,1,3H2. The summed E-state index contributed by atoms with van der Waals surface area (Å²) in [5.74, 6) is -0.795. The van der Waals surface area contributed by atoms with Crippen molar-refractivity contribution in [2.75, 3.05) is 0 Å². The van der Waals surface area contributed by atoms with Gasteiger partial charge in [0.2, 0.25) is 0 Å². The number of halogens is 1. The first-order chi connectivity index (χ1) is 9.19. The van der Waals surface area contributed by atoms with Gasteiger partial charge >= 0.3 is 5.97 Å². The number of thioether (sulfide) groups is 1. The first kappa shape index (κ1) is 12.2. The van der Waals surface area contributed by atoms with Crippen LogP contribution in [0.4, 0.5) is 4.39 Å². The van der Waals surface area contributed by atoms with Gasteiger partial charge < -0.3 is 4.74 Å². The van der Waals surface area contributed by atoms with Crippen molar-refractivity contribution in [1.82, 2.24) is 0 Å². The Morgan fingerprint density at radius 3 is 3.00 bits per heavy atom. The van der Waals surface area contributed by atoms with E-state index in [0.29, 0.717) is 28.9 Å². The second-order valence-corrected chi connectivity index (χ2v) is 5.34. The fourth-order valence-electron chi connectivity index (χ4n) is 2.07. The van der Waals surface area contributed by atoms with E-state index in [9.17, 15) is 14.0 Å². The van der Waals surface area contributed by atoms with Crippen LogP contribution in [0.15, 0.2) is 45.4 Å². The molecule has 5 heteroatoms. The van der Waals surface area contributed by atoms with Gasteiger partial charge in [-0.15, -0.1) is 0 Å². The Morgan fingerprint density at radius 2 is 2.21 bits per heavy atom. The number of rotatable bonds is 1. The van der Waals surface area contributed by atoms with Crippen molar-refractivity contribution in [2.45, 2.75) is 17.7 Å². The van der Waals surface area contributed by atoms with Crippen LogP contribution in [0.1, 0.15) is 23.2 Å². The predicted molar refractivity (Wildman–Crippen MR) is 68.1 cm³/mol. The van der Waals surface area contributed by atoms with Crippen LogP contribution in [0.25, 0.3) is 0 Å². The van der Waals surface area contributed by atoms with E-state index in [1.165, 1.54) is 17.8 Å². The van der Waals surface area contributed by atoms with E-state index in [1.54, 1.807) is 12.1 Å². The lowest BCUT2D eigenvalue weighted by atomic mass is 10.1. The van der Waals surface area contributed by atoms with Crippen LogP contribution in [0.5, 0.6) is 0 Å². The van der Waals surface area contributed by atoms with E-state index >= 15 is 0 Å². The fraction of sp³-hybridized carbons (Fsp3) is 0.143. The number of carbonyl (C=O) groups is 2. The molecule has 3 nitrogen and oxygen atoms in total. The predicted octanol–water partition coefficient (Wildman–Crippen LogP) is 3.22. The topological polar surface area (TPSA) is 43.4 Å². The maximum atomic E-state index is 13.2. The first-order valence-corrected chi connectivity index (χ1v) is 6.59. The second-order valence-electron chi connectivity index (χ2n) is 4.20. The van der Waals surface area contributed by atoms with Crippen LogP contribution in [0.3, 0.4) is 0 Å². The van der Waals surface area contributed by atoms with Gasteiger partial charge in [-0.1, -0.05) is 17.8 Å². The molecule has 0 saturated carbocycles. The Labute approximate surface area is 113 Å².